The molecule has 0 bridgehead atoms. The number of nitrogens with two attached hydrogens (primary N) is 1. The van der Waals surface area contributed by atoms with Crippen molar-refractivity contribution in [3.63, 3.8) is 0 Å². The lowest BCUT2D eigenvalue weighted by Crippen LogP contribution is -2.09. The number of ether oxygens (including phenoxy) is 1. The van der Waals surface area contributed by atoms with Crippen molar-refractivity contribution < 1.29 is 9.66 Å². The van der Waals surface area contributed by atoms with Crippen LogP contribution in [0.25, 0.3) is 0 Å². The normalized spacial score (nSPS) is 10.2. The molecule has 0 unspecified atom stereocenters. The smallest absolute Gasteiger partial charge is 0.278 e. The van der Waals surface area contributed by atoms with Crippen molar-refractivity contribution in [1.82, 2.24) is 4.98 Å². The maximum absolute atomic E-state index is 10.8. The summed E-state index contributed by atoms with van der Waals surface area (Å²) in [5, 5.41) is 10.8. The molecule has 2 rings (SSSR count). The number of hydrogen-bond acceptors (Lipinski definition) is 6. The SMILES string of the molecule is Cc1cc(Br)ccc1Oc1cc([N+](=O)[O-])cc(NN)n1. The van der Waals surface area contributed by atoms with Crippen LogP contribution in [0.3, 0.4) is 0 Å². The minimum absolute atomic E-state index is 0.0950. The zero-order valence-corrected chi connectivity index (χ0v) is 12.0. The number of hydrazine groups is 1. The van der Waals surface area contributed by atoms with Gasteiger partial charge in [-0.25, -0.2) is 5.84 Å². The molecule has 20 heavy (non-hydrogen) atoms. The largest absolute Gasteiger partial charge is 0.438 e. The highest BCUT2D eigenvalue weighted by Gasteiger charge is 2.13. The van der Waals surface area contributed by atoms with Gasteiger partial charge in [-0.05, 0) is 30.7 Å². The Morgan fingerprint density at radius 2 is 2.15 bits per heavy atom. The number of anilines is 1. The van der Waals surface area contributed by atoms with E-state index in [-0.39, 0.29) is 17.4 Å². The number of benzene rings is 1. The molecule has 0 atom stereocenters. The van der Waals surface area contributed by atoms with E-state index in [1.165, 1.54) is 12.1 Å². The highest BCUT2D eigenvalue weighted by molar-refractivity contribution is 9.10. The van der Waals surface area contributed by atoms with Gasteiger partial charge in [0.15, 0.2) is 5.82 Å². The van der Waals surface area contributed by atoms with E-state index in [0.29, 0.717) is 5.75 Å². The summed E-state index contributed by atoms with van der Waals surface area (Å²) in [6.45, 7) is 1.86. The van der Waals surface area contributed by atoms with Gasteiger partial charge >= 0.3 is 0 Å². The van der Waals surface area contributed by atoms with Gasteiger partial charge in [0.1, 0.15) is 5.75 Å². The van der Waals surface area contributed by atoms with E-state index >= 15 is 0 Å². The summed E-state index contributed by atoms with van der Waals surface area (Å²) in [7, 11) is 0. The molecule has 0 radical (unpaired) electrons. The molecule has 1 aromatic carbocycles. The molecule has 8 heteroatoms. The zero-order chi connectivity index (χ0) is 14.7. The Hall–Kier alpha value is -2.19. The van der Waals surface area contributed by atoms with Crippen molar-refractivity contribution in [3.05, 3.63) is 50.5 Å². The van der Waals surface area contributed by atoms with Crippen LogP contribution < -0.4 is 16.0 Å². The number of nitrogens with one attached hydrogen (secondary N) is 1. The van der Waals surface area contributed by atoms with Gasteiger partial charge in [-0.3, -0.25) is 10.1 Å². The number of nitro groups is 1. The first-order chi connectivity index (χ1) is 9.49. The number of pyridine rings is 1. The van der Waals surface area contributed by atoms with Crippen molar-refractivity contribution in [2.75, 3.05) is 5.43 Å². The van der Waals surface area contributed by atoms with Gasteiger partial charge < -0.3 is 10.2 Å². The van der Waals surface area contributed by atoms with Crippen LogP contribution in [0.15, 0.2) is 34.8 Å². The number of hydrogen-bond donors (Lipinski definition) is 2. The summed E-state index contributed by atoms with van der Waals surface area (Å²) in [4.78, 5) is 14.3. The number of rotatable bonds is 4. The average Bonchev–Trinajstić information content (AvgIpc) is 2.41. The van der Waals surface area contributed by atoms with Crippen LogP contribution in [0, 0.1) is 17.0 Å². The zero-order valence-electron chi connectivity index (χ0n) is 10.5. The Labute approximate surface area is 123 Å². The van der Waals surface area contributed by atoms with E-state index in [1.54, 1.807) is 6.07 Å². The van der Waals surface area contributed by atoms with E-state index in [1.807, 2.05) is 19.1 Å². The average molecular weight is 339 g/mol. The van der Waals surface area contributed by atoms with Crippen LogP contribution in [-0.4, -0.2) is 9.91 Å². The van der Waals surface area contributed by atoms with E-state index < -0.39 is 4.92 Å². The first kappa shape index (κ1) is 14.2. The van der Waals surface area contributed by atoms with Crippen LogP contribution in [0.5, 0.6) is 11.6 Å². The molecule has 0 saturated heterocycles. The van der Waals surface area contributed by atoms with Crippen LogP contribution in [0.1, 0.15) is 5.56 Å². The van der Waals surface area contributed by atoms with E-state index in [9.17, 15) is 10.1 Å². The summed E-state index contributed by atoms with van der Waals surface area (Å²) in [5.74, 6) is 6.04. The first-order valence-corrected chi connectivity index (χ1v) is 6.36. The highest BCUT2D eigenvalue weighted by atomic mass is 79.9. The van der Waals surface area contributed by atoms with Crippen LogP contribution in [0.2, 0.25) is 0 Å². The van der Waals surface area contributed by atoms with E-state index in [2.05, 4.69) is 26.3 Å². The number of nitrogens with zero attached hydrogens (tertiary/aromatic N) is 2. The lowest BCUT2D eigenvalue weighted by molar-refractivity contribution is -0.384. The minimum Gasteiger partial charge on any atom is -0.438 e. The lowest BCUT2D eigenvalue weighted by atomic mass is 10.2. The lowest BCUT2D eigenvalue weighted by Gasteiger charge is -2.09. The number of halogens is 1. The fraction of sp³-hybridized carbons (Fsp3) is 0.0833. The minimum atomic E-state index is -0.538. The van der Waals surface area contributed by atoms with Crippen LogP contribution >= 0.6 is 15.9 Å². The molecular weight excluding hydrogens is 328 g/mol. The second-order valence-electron chi connectivity index (χ2n) is 3.96. The molecule has 2 aromatic rings. The van der Waals surface area contributed by atoms with Gasteiger partial charge in [-0.2, -0.15) is 4.98 Å². The number of aryl methyl sites for hydroxylation is 1. The topological polar surface area (TPSA) is 103 Å². The van der Waals surface area contributed by atoms with Crippen molar-refractivity contribution in [2.24, 2.45) is 5.84 Å². The molecule has 0 saturated carbocycles. The van der Waals surface area contributed by atoms with Crippen molar-refractivity contribution in [2.45, 2.75) is 6.92 Å². The molecule has 0 aliphatic rings. The molecule has 7 nitrogen and oxygen atoms in total. The van der Waals surface area contributed by atoms with E-state index in [4.69, 9.17) is 10.6 Å². The van der Waals surface area contributed by atoms with Crippen molar-refractivity contribution in [3.8, 4) is 11.6 Å². The number of nitrogen functional groups attached to an aromatic ring is 1. The summed E-state index contributed by atoms with van der Waals surface area (Å²) in [5.41, 5.74) is 2.98. The van der Waals surface area contributed by atoms with Gasteiger partial charge in [-0.1, -0.05) is 15.9 Å². The van der Waals surface area contributed by atoms with Gasteiger partial charge in [-0.15, -0.1) is 0 Å². The van der Waals surface area contributed by atoms with E-state index in [0.717, 1.165) is 10.0 Å². The molecule has 0 aliphatic heterocycles. The monoisotopic (exact) mass is 338 g/mol. The molecule has 0 spiro atoms. The second kappa shape index (κ2) is 5.85. The molecule has 0 aliphatic carbocycles. The fourth-order valence-electron chi connectivity index (χ4n) is 1.56. The molecule has 104 valence electrons. The Morgan fingerprint density at radius 3 is 2.75 bits per heavy atom. The molecule has 1 heterocycles. The van der Waals surface area contributed by atoms with Crippen molar-refractivity contribution in [1.29, 1.82) is 0 Å². The summed E-state index contributed by atoms with van der Waals surface area (Å²) in [6.07, 6.45) is 0. The summed E-state index contributed by atoms with van der Waals surface area (Å²) >= 11 is 3.35. The van der Waals surface area contributed by atoms with Crippen LogP contribution in [0.4, 0.5) is 11.5 Å². The quantitative estimate of drug-likeness (QED) is 0.504. The maximum atomic E-state index is 10.8. The Morgan fingerprint density at radius 1 is 1.40 bits per heavy atom. The number of aromatic nitrogens is 1. The molecule has 1 aromatic heterocycles. The molecular formula is C12H11BrN4O3. The second-order valence-corrected chi connectivity index (χ2v) is 4.88. The van der Waals surface area contributed by atoms with Gasteiger partial charge in [0.05, 0.1) is 17.1 Å². The Kier molecular flexibility index (Phi) is 4.16. The Balaban J connectivity index is 2.37. The fourth-order valence-corrected chi connectivity index (χ4v) is 2.04. The van der Waals surface area contributed by atoms with Gasteiger partial charge in [0.25, 0.3) is 5.69 Å². The summed E-state index contributed by atoms with van der Waals surface area (Å²) in [6, 6.07) is 7.88. The summed E-state index contributed by atoms with van der Waals surface area (Å²) < 4.78 is 6.48. The maximum Gasteiger partial charge on any atom is 0.278 e. The Bertz CT molecular complexity index is 663. The predicted octanol–water partition coefficient (Wildman–Crippen LogP) is 3.14. The third-order valence-electron chi connectivity index (χ3n) is 2.50. The standard InChI is InChI=1S/C12H11BrN4O3/c1-7-4-8(13)2-3-10(7)20-12-6-9(17(18)19)5-11(15-12)16-14/h2-6H,14H2,1H3,(H,15,16). The first-order valence-electron chi connectivity index (χ1n) is 5.56. The van der Waals surface area contributed by atoms with Crippen molar-refractivity contribution >= 4 is 27.4 Å². The molecule has 0 fully saturated rings. The third kappa shape index (κ3) is 3.22. The highest BCUT2D eigenvalue weighted by Crippen LogP contribution is 2.29. The van der Waals surface area contributed by atoms with Gasteiger partial charge in [0.2, 0.25) is 5.88 Å². The van der Waals surface area contributed by atoms with Crippen LogP contribution in [-0.2, 0) is 0 Å². The predicted molar refractivity (Wildman–Crippen MR) is 77.7 cm³/mol. The third-order valence-corrected chi connectivity index (χ3v) is 2.99. The molecule has 0 amide bonds. The molecule has 3 N–H and O–H groups in total. The van der Waals surface area contributed by atoms with Gasteiger partial charge in [0, 0.05) is 4.47 Å².